The molecule has 0 saturated heterocycles. The van der Waals surface area contributed by atoms with Crippen LogP contribution in [0.1, 0.15) is 21.6 Å². The van der Waals surface area contributed by atoms with Crippen LogP contribution in [0.25, 0.3) is 5.65 Å². The van der Waals surface area contributed by atoms with Gasteiger partial charge in [0.25, 0.3) is 5.91 Å². The standard InChI is InChI=1S/C21H26N4O3/c1-16-6-7-20-24-18(14-25(20)13-16)15-28-19-5-3-4-17(12-19)21(26)23-9-8-22-10-11-27-2/h3-7,12-14,22H,8-11,15H2,1-2H3,(H,23,26). The van der Waals surface area contributed by atoms with E-state index >= 15 is 0 Å². The number of imidazole rings is 1. The zero-order chi connectivity index (χ0) is 19.8. The Morgan fingerprint density at radius 3 is 2.89 bits per heavy atom. The van der Waals surface area contributed by atoms with Crippen molar-refractivity contribution in [2.24, 2.45) is 0 Å². The lowest BCUT2D eigenvalue weighted by Gasteiger charge is -2.08. The maximum absolute atomic E-state index is 12.3. The van der Waals surface area contributed by atoms with Crippen LogP contribution in [0.15, 0.2) is 48.8 Å². The first-order valence-electron chi connectivity index (χ1n) is 9.30. The van der Waals surface area contributed by atoms with Crippen LogP contribution in [0.4, 0.5) is 0 Å². The molecule has 0 bridgehead atoms. The minimum Gasteiger partial charge on any atom is -0.487 e. The minimum absolute atomic E-state index is 0.123. The average molecular weight is 382 g/mol. The van der Waals surface area contributed by atoms with Crippen LogP contribution in [0.2, 0.25) is 0 Å². The highest BCUT2D eigenvalue weighted by molar-refractivity contribution is 5.94. The van der Waals surface area contributed by atoms with E-state index < -0.39 is 0 Å². The summed E-state index contributed by atoms with van der Waals surface area (Å²) in [6.07, 6.45) is 3.98. The molecule has 28 heavy (non-hydrogen) atoms. The molecule has 2 aromatic heterocycles. The minimum atomic E-state index is -0.123. The number of benzene rings is 1. The quantitative estimate of drug-likeness (QED) is 0.526. The van der Waals surface area contributed by atoms with Crippen LogP contribution < -0.4 is 15.4 Å². The highest BCUT2D eigenvalue weighted by Gasteiger charge is 2.07. The number of aryl methyl sites for hydroxylation is 1. The normalized spacial score (nSPS) is 10.9. The van der Waals surface area contributed by atoms with E-state index in [0.29, 0.717) is 37.6 Å². The van der Waals surface area contributed by atoms with Gasteiger partial charge in [-0.2, -0.15) is 0 Å². The largest absolute Gasteiger partial charge is 0.487 e. The SMILES string of the molecule is COCCNCCNC(=O)c1cccc(OCc2cn3cc(C)ccc3n2)c1. The highest BCUT2D eigenvalue weighted by atomic mass is 16.5. The molecule has 0 aliphatic rings. The van der Waals surface area contributed by atoms with E-state index in [2.05, 4.69) is 15.6 Å². The average Bonchev–Trinajstić information content (AvgIpc) is 3.11. The monoisotopic (exact) mass is 382 g/mol. The van der Waals surface area contributed by atoms with Crippen LogP contribution in [-0.2, 0) is 11.3 Å². The lowest BCUT2D eigenvalue weighted by Crippen LogP contribution is -2.33. The summed E-state index contributed by atoms with van der Waals surface area (Å²) in [5.41, 5.74) is 3.46. The number of hydrogen-bond donors (Lipinski definition) is 2. The van der Waals surface area contributed by atoms with E-state index in [9.17, 15) is 4.79 Å². The van der Waals surface area contributed by atoms with Gasteiger partial charge in [0.1, 0.15) is 18.0 Å². The van der Waals surface area contributed by atoms with Gasteiger partial charge in [-0.25, -0.2) is 4.98 Å². The van der Waals surface area contributed by atoms with Gasteiger partial charge in [0, 0.05) is 44.7 Å². The number of hydrogen-bond acceptors (Lipinski definition) is 5. The van der Waals surface area contributed by atoms with Crippen molar-refractivity contribution in [2.45, 2.75) is 13.5 Å². The second-order valence-corrected chi connectivity index (χ2v) is 6.52. The lowest BCUT2D eigenvalue weighted by molar-refractivity contribution is 0.0953. The van der Waals surface area contributed by atoms with Gasteiger partial charge in [0.15, 0.2) is 0 Å². The first-order chi connectivity index (χ1) is 13.7. The van der Waals surface area contributed by atoms with Crippen LogP contribution in [0.3, 0.4) is 0 Å². The molecule has 7 heteroatoms. The molecule has 0 spiro atoms. The van der Waals surface area contributed by atoms with Crippen molar-refractivity contribution in [1.29, 1.82) is 0 Å². The number of fused-ring (bicyclic) bond motifs is 1. The Bertz CT molecular complexity index is 923. The number of carbonyl (C=O) groups excluding carboxylic acids is 1. The number of carbonyl (C=O) groups is 1. The second-order valence-electron chi connectivity index (χ2n) is 6.52. The molecule has 0 saturated carbocycles. The number of methoxy groups -OCH3 is 1. The van der Waals surface area contributed by atoms with Crippen molar-refractivity contribution in [3.05, 3.63) is 65.6 Å². The molecule has 1 aromatic carbocycles. The van der Waals surface area contributed by atoms with Crippen molar-refractivity contribution in [1.82, 2.24) is 20.0 Å². The number of nitrogens with zero attached hydrogens (tertiary/aromatic N) is 2. The van der Waals surface area contributed by atoms with Crippen molar-refractivity contribution < 1.29 is 14.3 Å². The maximum Gasteiger partial charge on any atom is 0.251 e. The third-order valence-corrected chi connectivity index (χ3v) is 4.20. The van der Waals surface area contributed by atoms with Gasteiger partial charge in [-0.15, -0.1) is 0 Å². The molecule has 3 aromatic rings. The summed E-state index contributed by atoms with van der Waals surface area (Å²) in [5.74, 6) is 0.515. The highest BCUT2D eigenvalue weighted by Crippen LogP contribution is 2.16. The summed E-state index contributed by atoms with van der Waals surface area (Å²) in [5, 5.41) is 6.07. The van der Waals surface area contributed by atoms with Gasteiger partial charge in [-0.05, 0) is 36.8 Å². The van der Waals surface area contributed by atoms with E-state index in [1.807, 2.05) is 48.0 Å². The molecule has 148 valence electrons. The van der Waals surface area contributed by atoms with Crippen LogP contribution in [0, 0.1) is 6.92 Å². The summed E-state index contributed by atoms with van der Waals surface area (Å²) in [4.78, 5) is 16.8. The van der Waals surface area contributed by atoms with Crippen molar-refractivity contribution >= 4 is 11.6 Å². The molecule has 0 atom stereocenters. The Labute approximate surface area is 164 Å². The van der Waals surface area contributed by atoms with E-state index in [-0.39, 0.29) is 5.91 Å². The number of ether oxygens (including phenoxy) is 2. The fraction of sp³-hybridized carbons (Fsp3) is 0.333. The zero-order valence-electron chi connectivity index (χ0n) is 16.3. The molecular weight excluding hydrogens is 356 g/mol. The van der Waals surface area contributed by atoms with Gasteiger partial charge in [0.2, 0.25) is 0 Å². The number of aromatic nitrogens is 2. The fourth-order valence-corrected chi connectivity index (χ4v) is 2.78. The fourth-order valence-electron chi connectivity index (χ4n) is 2.78. The molecule has 1 amide bonds. The molecular formula is C21H26N4O3. The van der Waals surface area contributed by atoms with Crippen LogP contribution >= 0.6 is 0 Å². The van der Waals surface area contributed by atoms with Crippen LogP contribution in [-0.4, -0.2) is 48.6 Å². The molecule has 0 aliphatic carbocycles. The second kappa shape index (κ2) is 9.87. The Morgan fingerprint density at radius 2 is 2.04 bits per heavy atom. The van der Waals surface area contributed by atoms with Crippen molar-refractivity contribution in [2.75, 3.05) is 33.4 Å². The summed E-state index contributed by atoms with van der Waals surface area (Å²) >= 11 is 0. The molecule has 0 unspecified atom stereocenters. The van der Waals surface area contributed by atoms with Crippen molar-refractivity contribution in [3.8, 4) is 5.75 Å². The van der Waals surface area contributed by atoms with Gasteiger partial charge in [-0.1, -0.05) is 12.1 Å². The first kappa shape index (κ1) is 19.9. The predicted molar refractivity (Wildman–Crippen MR) is 108 cm³/mol. The summed E-state index contributed by atoms with van der Waals surface area (Å²) in [6, 6.07) is 11.2. The lowest BCUT2D eigenvalue weighted by atomic mass is 10.2. The topological polar surface area (TPSA) is 76.9 Å². The van der Waals surface area contributed by atoms with Gasteiger partial charge < -0.3 is 24.5 Å². The number of rotatable bonds is 10. The molecule has 7 nitrogen and oxygen atoms in total. The molecule has 2 heterocycles. The third-order valence-electron chi connectivity index (χ3n) is 4.20. The van der Waals surface area contributed by atoms with Crippen LogP contribution in [0.5, 0.6) is 5.75 Å². The summed E-state index contributed by atoms with van der Waals surface area (Å²) < 4.78 is 12.8. The Hall–Kier alpha value is -2.90. The molecule has 0 radical (unpaired) electrons. The van der Waals surface area contributed by atoms with E-state index in [0.717, 1.165) is 17.9 Å². The summed E-state index contributed by atoms with van der Waals surface area (Å²) in [7, 11) is 1.66. The van der Waals surface area contributed by atoms with E-state index in [4.69, 9.17) is 9.47 Å². The maximum atomic E-state index is 12.3. The summed E-state index contributed by atoms with van der Waals surface area (Å²) in [6.45, 7) is 5.04. The number of nitrogens with one attached hydrogen (secondary N) is 2. The smallest absolute Gasteiger partial charge is 0.251 e. The molecule has 2 N–H and O–H groups in total. The van der Waals surface area contributed by atoms with E-state index in [1.165, 1.54) is 5.56 Å². The predicted octanol–water partition coefficient (Wildman–Crippen LogP) is 2.19. The van der Waals surface area contributed by atoms with E-state index in [1.54, 1.807) is 19.2 Å². The Balaban J connectivity index is 1.51. The van der Waals surface area contributed by atoms with Gasteiger partial charge in [0.05, 0.1) is 12.3 Å². The third kappa shape index (κ3) is 5.55. The van der Waals surface area contributed by atoms with Gasteiger partial charge >= 0.3 is 0 Å². The van der Waals surface area contributed by atoms with Crippen molar-refractivity contribution in [3.63, 3.8) is 0 Å². The molecule has 3 rings (SSSR count). The number of pyridine rings is 1. The first-order valence-corrected chi connectivity index (χ1v) is 9.30. The Morgan fingerprint density at radius 1 is 1.14 bits per heavy atom. The molecule has 0 fully saturated rings. The molecule has 0 aliphatic heterocycles. The van der Waals surface area contributed by atoms with Gasteiger partial charge in [-0.3, -0.25) is 4.79 Å². The Kier molecular flexibility index (Phi) is 7.00. The number of amides is 1. The zero-order valence-corrected chi connectivity index (χ0v) is 16.3.